The van der Waals surface area contributed by atoms with Gasteiger partial charge in [-0.15, -0.1) is 11.8 Å². The Hall–Kier alpha value is -3.58. The molecule has 2 N–H and O–H groups in total. The number of aryl methyl sites for hydroxylation is 2. The molecule has 1 aliphatic heterocycles. The molecule has 0 saturated carbocycles. The highest BCUT2D eigenvalue weighted by Gasteiger charge is 2.50. The van der Waals surface area contributed by atoms with Crippen LogP contribution in [0.15, 0.2) is 77.7 Å². The molecule has 1 fully saturated rings. The van der Waals surface area contributed by atoms with Gasteiger partial charge < -0.3 is 5.32 Å². The van der Waals surface area contributed by atoms with Crippen LogP contribution in [0.3, 0.4) is 0 Å². The van der Waals surface area contributed by atoms with Gasteiger partial charge in [0.1, 0.15) is 5.54 Å². The summed E-state index contributed by atoms with van der Waals surface area (Å²) in [6.07, 6.45) is 0. The maximum Gasteiger partial charge on any atom is 0.344 e. The Kier molecular flexibility index (Phi) is 6.24. The van der Waals surface area contributed by atoms with Crippen LogP contribution in [-0.4, -0.2) is 22.9 Å². The third-order valence-electron chi connectivity index (χ3n) is 5.67. The first-order valence-corrected chi connectivity index (χ1v) is 11.6. The molecule has 4 rings (SSSR count). The smallest absolute Gasteiger partial charge is 0.318 e. The average molecular weight is 460 g/mol. The first-order valence-electron chi connectivity index (χ1n) is 10.6. The van der Waals surface area contributed by atoms with Crippen molar-refractivity contribution in [1.29, 1.82) is 0 Å². The molecule has 1 heterocycles. The lowest BCUT2D eigenvalue weighted by Gasteiger charge is -2.22. The highest BCUT2D eigenvalue weighted by Crippen LogP contribution is 2.29. The van der Waals surface area contributed by atoms with Gasteiger partial charge in [-0.1, -0.05) is 60.2 Å². The van der Waals surface area contributed by atoms with E-state index in [0.717, 1.165) is 10.6 Å². The summed E-state index contributed by atoms with van der Waals surface area (Å²) in [5, 5.41) is 3.44. The van der Waals surface area contributed by atoms with Gasteiger partial charge in [-0.25, -0.2) is 4.79 Å². The van der Waals surface area contributed by atoms with Crippen molar-refractivity contribution < 1.29 is 14.4 Å². The van der Waals surface area contributed by atoms with E-state index in [1.165, 1.54) is 16.0 Å². The molecule has 0 radical (unpaired) electrons. The van der Waals surface area contributed by atoms with Crippen LogP contribution < -0.4 is 10.7 Å². The number of hydrogen-bond acceptors (Lipinski definition) is 4. The van der Waals surface area contributed by atoms with Crippen molar-refractivity contribution >= 4 is 29.6 Å². The highest BCUT2D eigenvalue weighted by atomic mass is 32.2. The molecule has 7 heteroatoms. The van der Waals surface area contributed by atoms with Crippen LogP contribution in [0.2, 0.25) is 0 Å². The predicted molar refractivity (Wildman–Crippen MR) is 129 cm³/mol. The summed E-state index contributed by atoms with van der Waals surface area (Å²) >= 11 is 1.70. The molecule has 0 aromatic heterocycles. The molecule has 33 heavy (non-hydrogen) atoms. The molecule has 6 nitrogen and oxygen atoms in total. The van der Waals surface area contributed by atoms with Gasteiger partial charge in [-0.05, 0) is 55.7 Å². The van der Waals surface area contributed by atoms with Crippen LogP contribution in [0.4, 0.5) is 4.79 Å². The highest BCUT2D eigenvalue weighted by molar-refractivity contribution is 7.98. The van der Waals surface area contributed by atoms with Crippen LogP contribution in [0.1, 0.15) is 39.5 Å². The van der Waals surface area contributed by atoms with Crippen LogP contribution in [0.5, 0.6) is 0 Å². The predicted octanol–water partition coefficient (Wildman–Crippen LogP) is 4.71. The number of nitrogens with zero attached hydrogens (tertiary/aromatic N) is 1. The molecular formula is C26H25N3O3S. The Morgan fingerprint density at radius 3 is 2.48 bits per heavy atom. The van der Waals surface area contributed by atoms with Crippen LogP contribution in [0.25, 0.3) is 0 Å². The fraction of sp³-hybridized carbons (Fsp3) is 0.192. The summed E-state index contributed by atoms with van der Waals surface area (Å²) in [5.74, 6) is -0.358. The third kappa shape index (κ3) is 4.64. The first kappa shape index (κ1) is 22.6. The molecule has 0 spiro atoms. The zero-order valence-electron chi connectivity index (χ0n) is 18.7. The lowest BCUT2D eigenvalue weighted by atomic mass is 9.92. The summed E-state index contributed by atoms with van der Waals surface area (Å²) in [6, 6.07) is 21.8. The Balaban J connectivity index is 1.45. The minimum Gasteiger partial charge on any atom is -0.318 e. The molecule has 3 aromatic carbocycles. The second-order valence-electron chi connectivity index (χ2n) is 8.26. The van der Waals surface area contributed by atoms with E-state index in [9.17, 15) is 14.4 Å². The van der Waals surface area contributed by atoms with Gasteiger partial charge in [0.25, 0.3) is 11.8 Å². The van der Waals surface area contributed by atoms with Gasteiger partial charge >= 0.3 is 6.03 Å². The number of urea groups is 1. The van der Waals surface area contributed by atoms with E-state index in [1.807, 2.05) is 12.1 Å². The van der Waals surface area contributed by atoms with Crippen molar-refractivity contribution in [3.63, 3.8) is 0 Å². The maximum absolute atomic E-state index is 13.0. The number of hydrogen-bond donors (Lipinski definition) is 2. The normalized spacial score (nSPS) is 17.7. The summed E-state index contributed by atoms with van der Waals surface area (Å²) in [6.45, 7) is 5.78. The Morgan fingerprint density at radius 1 is 1.00 bits per heavy atom. The fourth-order valence-electron chi connectivity index (χ4n) is 3.80. The number of rotatable bonds is 6. The van der Waals surface area contributed by atoms with Crippen molar-refractivity contribution in [2.24, 2.45) is 0 Å². The van der Waals surface area contributed by atoms with Crippen molar-refractivity contribution in [2.45, 2.75) is 37.0 Å². The number of thioether (sulfide) groups is 1. The molecule has 4 amide bonds. The minimum absolute atomic E-state index is 0.377. The number of nitrogens with one attached hydrogen (secondary N) is 2. The topological polar surface area (TPSA) is 78.5 Å². The Labute approximate surface area is 197 Å². The summed E-state index contributed by atoms with van der Waals surface area (Å²) in [5.41, 5.74) is 5.65. The second-order valence-corrected chi connectivity index (χ2v) is 9.28. The van der Waals surface area contributed by atoms with Crippen LogP contribution in [0, 0.1) is 13.8 Å². The van der Waals surface area contributed by atoms with Gasteiger partial charge in [-0.2, -0.15) is 5.01 Å². The summed E-state index contributed by atoms with van der Waals surface area (Å²) < 4.78 is 0. The van der Waals surface area contributed by atoms with E-state index in [0.29, 0.717) is 16.9 Å². The molecular weight excluding hydrogens is 434 g/mol. The number of carbonyl (C=O) groups is 3. The summed E-state index contributed by atoms with van der Waals surface area (Å²) in [7, 11) is 0. The maximum atomic E-state index is 13.0. The van der Waals surface area contributed by atoms with Crippen molar-refractivity contribution in [2.75, 3.05) is 0 Å². The summed E-state index contributed by atoms with van der Waals surface area (Å²) in [4.78, 5) is 39.6. The zero-order valence-corrected chi connectivity index (χ0v) is 19.5. The van der Waals surface area contributed by atoms with E-state index < -0.39 is 23.4 Å². The van der Waals surface area contributed by atoms with Crippen molar-refractivity contribution in [1.82, 2.24) is 15.8 Å². The van der Waals surface area contributed by atoms with Gasteiger partial charge in [0.2, 0.25) is 0 Å². The van der Waals surface area contributed by atoms with E-state index >= 15 is 0 Å². The molecule has 3 aromatic rings. The second kappa shape index (κ2) is 9.11. The fourth-order valence-corrected chi connectivity index (χ4v) is 4.75. The quantitative estimate of drug-likeness (QED) is 0.413. The molecule has 0 aliphatic carbocycles. The largest absolute Gasteiger partial charge is 0.344 e. The van der Waals surface area contributed by atoms with Gasteiger partial charge in [0.15, 0.2) is 0 Å². The van der Waals surface area contributed by atoms with E-state index in [1.54, 1.807) is 61.2 Å². The van der Waals surface area contributed by atoms with Gasteiger partial charge in [0.05, 0.1) is 0 Å². The lowest BCUT2D eigenvalue weighted by Crippen LogP contribution is -2.47. The zero-order chi connectivity index (χ0) is 23.6. The van der Waals surface area contributed by atoms with Crippen LogP contribution >= 0.6 is 11.8 Å². The standard InChI is InChI=1S/C26H25N3O3S/c1-17-12-13-22(18(2)14-17)33-16-19-8-7-9-20(15-19)23(30)28-29-24(31)26(3,27-25(29)32)21-10-5-4-6-11-21/h4-15H,16H2,1-3H3,(H,27,32)(H,28,30)/t26-/m0/s1. The molecule has 1 saturated heterocycles. The number of benzene rings is 3. The molecule has 0 bridgehead atoms. The molecule has 0 unspecified atom stereocenters. The minimum atomic E-state index is -1.24. The lowest BCUT2D eigenvalue weighted by molar-refractivity contribution is -0.132. The molecule has 1 aliphatic rings. The number of imide groups is 1. The van der Waals surface area contributed by atoms with Crippen molar-refractivity contribution in [3.05, 3.63) is 101 Å². The van der Waals surface area contributed by atoms with Crippen LogP contribution in [-0.2, 0) is 16.1 Å². The van der Waals surface area contributed by atoms with Gasteiger partial charge in [0, 0.05) is 16.2 Å². The van der Waals surface area contributed by atoms with E-state index in [2.05, 4.69) is 42.8 Å². The Morgan fingerprint density at radius 2 is 1.76 bits per heavy atom. The average Bonchev–Trinajstić information content (AvgIpc) is 3.03. The monoisotopic (exact) mass is 459 g/mol. The van der Waals surface area contributed by atoms with E-state index in [4.69, 9.17) is 0 Å². The molecule has 1 atom stereocenters. The number of amides is 4. The SMILES string of the molecule is Cc1ccc(SCc2cccc(C(=O)NN3C(=O)N[C@@](C)(c4ccccc4)C3=O)c2)c(C)c1. The van der Waals surface area contributed by atoms with Gasteiger partial charge in [-0.3, -0.25) is 15.0 Å². The first-order chi connectivity index (χ1) is 15.8. The van der Waals surface area contributed by atoms with E-state index in [-0.39, 0.29) is 0 Å². The number of hydrazine groups is 1. The third-order valence-corrected chi connectivity index (χ3v) is 6.92. The number of carbonyl (C=O) groups excluding carboxylic acids is 3. The Bertz CT molecular complexity index is 1230. The van der Waals surface area contributed by atoms with Crippen molar-refractivity contribution in [3.8, 4) is 0 Å². The molecule has 168 valence electrons.